The van der Waals surface area contributed by atoms with Crippen molar-refractivity contribution in [2.45, 2.75) is 37.1 Å². The van der Waals surface area contributed by atoms with Crippen LogP contribution in [-0.2, 0) is 14.8 Å². The van der Waals surface area contributed by atoms with Gasteiger partial charge in [-0.05, 0) is 30.9 Å². The van der Waals surface area contributed by atoms with Gasteiger partial charge in [0, 0.05) is 30.7 Å². The van der Waals surface area contributed by atoms with Crippen LogP contribution >= 0.6 is 23.2 Å². The van der Waals surface area contributed by atoms with Crippen molar-refractivity contribution in [3.63, 3.8) is 0 Å². The summed E-state index contributed by atoms with van der Waals surface area (Å²) in [6.45, 7) is 3.64. The monoisotopic (exact) mass is 477 g/mol. The second kappa shape index (κ2) is 11.1. The normalized spacial score (nSPS) is 16.7. The highest BCUT2D eigenvalue weighted by Crippen LogP contribution is 2.31. The van der Waals surface area contributed by atoms with Gasteiger partial charge in [0.1, 0.15) is 17.5 Å². The number of hydrogen-bond donors (Lipinski definition) is 4. The Hall–Kier alpha value is -1.72. The molecule has 1 atom stereocenters. The van der Waals surface area contributed by atoms with E-state index < -0.39 is 16.1 Å². The van der Waals surface area contributed by atoms with Crippen LogP contribution in [0.1, 0.15) is 26.2 Å². The average molecular weight is 478 g/mol. The number of piperidine rings is 1. The van der Waals surface area contributed by atoms with Gasteiger partial charge >= 0.3 is 0 Å². The fourth-order valence-corrected chi connectivity index (χ4v) is 5.42. The first-order valence-corrected chi connectivity index (χ1v) is 11.8. The first-order valence-electron chi connectivity index (χ1n) is 9.55. The molecule has 1 saturated heterocycles. The average Bonchev–Trinajstić information content (AvgIpc) is 2.65. The molecule has 1 heterocycles. The molecule has 1 aromatic rings. The number of quaternary nitrogens is 1. The Morgan fingerprint density at radius 1 is 1.43 bits per heavy atom. The zero-order chi connectivity index (χ0) is 22.3. The summed E-state index contributed by atoms with van der Waals surface area (Å²) in [4.78, 5) is 14.5. The summed E-state index contributed by atoms with van der Waals surface area (Å²) < 4.78 is 28.5. The molecule has 0 saturated carbocycles. The number of nitrogens with one attached hydrogen (secondary N) is 2. The number of carbonyl (C=O) groups excluding carboxylic acids is 1. The summed E-state index contributed by atoms with van der Waals surface area (Å²) in [6.07, 6.45) is 4.27. The predicted molar refractivity (Wildman–Crippen MR) is 119 cm³/mol. The van der Waals surface area contributed by atoms with Crippen molar-refractivity contribution in [1.29, 1.82) is 5.41 Å². The third-order valence-electron chi connectivity index (χ3n) is 4.85. The standard InChI is InChI=1S/C18H26Cl2N6O3S/c1-12-3-8-26(9-4-12)18(27)16(2-6-23-24-7-5-21)25-30(28,29)17-14(20)10-13(19)11-15(17)22/h5,7,10-12,16,21,23,25H,2-4,6,8-9,22H2,1H3/p+1/b21-5?,24-7-. The summed E-state index contributed by atoms with van der Waals surface area (Å²) in [5.41, 5.74) is 7.28. The Labute approximate surface area is 186 Å². The van der Waals surface area contributed by atoms with Crippen LogP contribution in [0.5, 0.6) is 0 Å². The topological polar surface area (TPSA) is 145 Å². The molecule has 0 aromatic heterocycles. The summed E-state index contributed by atoms with van der Waals surface area (Å²) in [6, 6.07) is 1.59. The molecule has 1 unspecified atom stereocenters. The Bertz CT molecular complexity index is 878. The maximum absolute atomic E-state index is 13.1. The molecule has 1 aliphatic heterocycles. The lowest BCUT2D eigenvalue weighted by Gasteiger charge is -2.33. The highest BCUT2D eigenvalue weighted by molar-refractivity contribution is 7.89. The second-order valence-electron chi connectivity index (χ2n) is 7.21. The van der Waals surface area contributed by atoms with E-state index in [1.807, 2.05) is 0 Å². The van der Waals surface area contributed by atoms with E-state index in [-0.39, 0.29) is 33.0 Å². The number of sulfonamides is 1. The van der Waals surface area contributed by atoms with Crippen LogP contribution in [0.3, 0.4) is 0 Å². The molecule has 1 aromatic carbocycles. The second-order valence-corrected chi connectivity index (χ2v) is 9.71. The minimum Gasteiger partial charge on any atom is -0.398 e. The van der Waals surface area contributed by atoms with Gasteiger partial charge in [0.25, 0.3) is 0 Å². The van der Waals surface area contributed by atoms with Crippen molar-refractivity contribution in [2.24, 2.45) is 11.0 Å². The van der Waals surface area contributed by atoms with Crippen molar-refractivity contribution in [1.82, 2.24) is 9.62 Å². The van der Waals surface area contributed by atoms with E-state index in [9.17, 15) is 13.2 Å². The number of halogens is 2. The van der Waals surface area contributed by atoms with E-state index >= 15 is 0 Å². The molecular weight excluding hydrogens is 451 g/mol. The number of hydrogen-bond acceptors (Lipinski definition) is 6. The molecule has 1 fully saturated rings. The molecule has 6 N–H and O–H groups in total. The molecule has 1 amide bonds. The number of anilines is 1. The van der Waals surface area contributed by atoms with Gasteiger partial charge in [0.15, 0.2) is 0 Å². The van der Waals surface area contributed by atoms with Crippen LogP contribution < -0.4 is 15.9 Å². The van der Waals surface area contributed by atoms with Crippen LogP contribution in [0.4, 0.5) is 5.69 Å². The Morgan fingerprint density at radius 3 is 2.70 bits per heavy atom. The zero-order valence-corrected chi connectivity index (χ0v) is 19.0. The molecule has 30 heavy (non-hydrogen) atoms. The summed E-state index contributed by atoms with van der Waals surface area (Å²) in [5, 5.41) is 10.9. The van der Waals surface area contributed by atoms with Gasteiger partial charge in [-0.1, -0.05) is 35.2 Å². The predicted octanol–water partition coefficient (Wildman–Crippen LogP) is 1.07. The van der Waals surface area contributed by atoms with Crippen molar-refractivity contribution in [3.8, 4) is 0 Å². The number of rotatable bonds is 9. The first-order chi connectivity index (χ1) is 14.2. The molecule has 2 rings (SSSR count). The number of carbonyl (C=O) groups is 1. The van der Waals surface area contributed by atoms with Gasteiger partial charge in [0.2, 0.25) is 15.9 Å². The van der Waals surface area contributed by atoms with Crippen molar-refractivity contribution < 1.29 is 18.6 Å². The number of nitrogens with two attached hydrogens (primary N) is 2. The largest absolute Gasteiger partial charge is 0.398 e. The Balaban J connectivity index is 2.23. The van der Waals surface area contributed by atoms with Crippen LogP contribution in [0.25, 0.3) is 0 Å². The number of nitrogen functional groups attached to an aromatic ring is 1. The minimum atomic E-state index is -4.18. The lowest BCUT2D eigenvalue weighted by atomic mass is 9.98. The van der Waals surface area contributed by atoms with Crippen molar-refractivity contribution >= 4 is 57.2 Å². The van der Waals surface area contributed by atoms with Crippen LogP contribution in [-0.4, -0.2) is 57.3 Å². The van der Waals surface area contributed by atoms with Gasteiger partial charge in [-0.25, -0.2) is 13.8 Å². The quantitative estimate of drug-likeness (QED) is 0.138. The number of nitrogens with zero attached hydrogens (tertiary/aromatic N) is 2. The first kappa shape index (κ1) is 24.5. The third kappa shape index (κ3) is 6.64. The van der Waals surface area contributed by atoms with Crippen molar-refractivity contribution in [3.05, 3.63) is 22.2 Å². The SMILES string of the molecule is CC1CCN(C(=O)C(CC[NH2+]/N=C\C=N)NS(=O)(=O)c2c(N)cc(Cl)cc2Cl)CC1. The van der Waals surface area contributed by atoms with Crippen LogP contribution in [0.2, 0.25) is 10.0 Å². The highest BCUT2D eigenvalue weighted by Gasteiger charge is 2.33. The number of amides is 1. The van der Waals surface area contributed by atoms with E-state index in [1.165, 1.54) is 23.8 Å². The molecule has 12 heteroatoms. The van der Waals surface area contributed by atoms with Crippen molar-refractivity contribution in [2.75, 3.05) is 25.4 Å². The summed E-state index contributed by atoms with van der Waals surface area (Å²) in [7, 11) is -4.18. The molecule has 0 bridgehead atoms. The molecule has 0 spiro atoms. The fraction of sp³-hybridized carbons (Fsp3) is 0.500. The lowest BCUT2D eigenvalue weighted by Crippen LogP contribution is -2.79. The molecule has 0 aliphatic carbocycles. The maximum atomic E-state index is 13.1. The van der Waals surface area contributed by atoms with E-state index in [4.69, 9.17) is 34.3 Å². The van der Waals surface area contributed by atoms with Gasteiger partial charge < -0.3 is 16.0 Å². The summed E-state index contributed by atoms with van der Waals surface area (Å²) in [5.74, 6) is 0.235. The zero-order valence-electron chi connectivity index (χ0n) is 16.6. The van der Waals surface area contributed by atoms with Gasteiger partial charge in [-0.3, -0.25) is 4.79 Å². The Morgan fingerprint density at radius 2 is 2.10 bits per heavy atom. The van der Waals surface area contributed by atoms with Crippen LogP contribution in [0, 0.1) is 11.3 Å². The molecule has 1 aliphatic rings. The van der Waals surface area contributed by atoms with E-state index in [2.05, 4.69) is 16.7 Å². The molecular formula is C18H27Cl2N6O3S+. The Kier molecular flexibility index (Phi) is 9.05. The molecule has 0 radical (unpaired) electrons. The maximum Gasteiger partial charge on any atom is 0.244 e. The van der Waals surface area contributed by atoms with E-state index in [0.717, 1.165) is 19.1 Å². The lowest BCUT2D eigenvalue weighted by molar-refractivity contribution is -0.660. The smallest absolute Gasteiger partial charge is 0.244 e. The van der Waals surface area contributed by atoms with Crippen LogP contribution in [0.15, 0.2) is 22.1 Å². The number of likely N-dealkylation sites (tertiary alicyclic amines) is 1. The van der Waals surface area contributed by atoms with Gasteiger partial charge in [-0.15, -0.1) is 0 Å². The summed E-state index contributed by atoms with van der Waals surface area (Å²) >= 11 is 12.0. The van der Waals surface area contributed by atoms with Gasteiger partial charge in [-0.2, -0.15) is 4.72 Å². The minimum absolute atomic E-state index is 0.0971. The number of benzene rings is 1. The molecule has 9 nitrogen and oxygen atoms in total. The fourth-order valence-electron chi connectivity index (χ4n) is 3.21. The van der Waals surface area contributed by atoms with E-state index in [1.54, 1.807) is 4.90 Å². The van der Waals surface area contributed by atoms with Gasteiger partial charge in [0.05, 0.1) is 16.9 Å². The highest BCUT2D eigenvalue weighted by atomic mass is 35.5. The third-order valence-corrected chi connectivity index (χ3v) is 7.06. The molecule has 166 valence electrons. The van der Waals surface area contributed by atoms with E-state index in [0.29, 0.717) is 25.6 Å².